The molecule has 7 heteroatoms. The first-order valence-corrected chi connectivity index (χ1v) is 8.78. The van der Waals surface area contributed by atoms with Crippen LogP contribution in [0.25, 0.3) is 10.2 Å². The maximum atomic E-state index is 11.3. The number of fused-ring (bicyclic) bond motifs is 3. The quantitative estimate of drug-likeness (QED) is 0.853. The number of halogens is 1. The first kappa shape index (κ1) is 14.2. The molecule has 3 heterocycles. The van der Waals surface area contributed by atoms with Crippen molar-refractivity contribution in [2.75, 3.05) is 18.0 Å². The first-order chi connectivity index (χ1) is 10.6. The van der Waals surface area contributed by atoms with Gasteiger partial charge in [0.1, 0.15) is 10.6 Å². The van der Waals surface area contributed by atoms with Crippen LogP contribution in [0.3, 0.4) is 0 Å². The SMILES string of the molecule is O=C(O)C1CCCN(c2nc(Cl)nc3sc4c(c23)CCC4)C1. The molecule has 116 valence electrons. The van der Waals surface area contributed by atoms with Gasteiger partial charge in [0.2, 0.25) is 5.28 Å². The Bertz CT molecular complexity index is 761. The van der Waals surface area contributed by atoms with Gasteiger partial charge in [-0.3, -0.25) is 4.79 Å². The number of aromatic nitrogens is 2. The number of carbonyl (C=O) groups is 1. The number of carboxylic acid groups (broad SMARTS) is 1. The fourth-order valence-corrected chi connectivity index (χ4v) is 5.02. The zero-order valence-electron chi connectivity index (χ0n) is 12.0. The van der Waals surface area contributed by atoms with Gasteiger partial charge in [-0.05, 0) is 49.3 Å². The summed E-state index contributed by atoms with van der Waals surface area (Å²) in [6.07, 6.45) is 4.94. The van der Waals surface area contributed by atoms with Gasteiger partial charge < -0.3 is 10.0 Å². The van der Waals surface area contributed by atoms with E-state index in [1.54, 1.807) is 11.3 Å². The Kier molecular flexibility index (Phi) is 3.46. The second-order valence-electron chi connectivity index (χ2n) is 5.98. The monoisotopic (exact) mass is 337 g/mol. The summed E-state index contributed by atoms with van der Waals surface area (Å²) >= 11 is 7.81. The predicted octanol–water partition coefficient (Wildman–Crippen LogP) is 3.13. The van der Waals surface area contributed by atoms with Gasteiger partial charge in [-0.15, -0.1) is 11.3 Å². The zero-order valence-corrected chi connectivity index (χ0v) is 13.6. The minimum atomic E-state index is -0.725. The Hall–Kier alpha value is -1.40. The number of piperidine rings is 1. The fraction of sp³-hybridized carbons (Fsp3) is 0.533. The molecule has 22 heavy (non-hydrogen) atoms. The van der Waals surface area contributed by atoms with E-state index < -0.39 is 5.97 Å². The summed E-state index contributed by atoms with van der Waals surface area (Å²) < 4.78 is 0. The number of hydrogen-bond acceptors (Lipinski definition) is 5. The van der Waals surface area contributed by atoms with E-state index in [1.165, 1.54) is 16.9 Å². The van der Waals surface area contributed by atoms with Crippen LogP contribution >= 0.6 is 22.9 Å². The Morgan fingerprint density at radius 3 is 3.00 bits per heavy atom. The normalized spacial score (nSPS) is 21.3. The van der Waals surface area contributed by atoms with Crippen molar-refractivity contribution in [1.82, 2.24) is 9.97 Å². The van der Waals surface area contributed by atoms with E-state index in [1.807, 2.05) is 0 Å². The van der Waals surface area contributed by atoms with Gasteiger partial charge >= 0.3 is 5.97 Å². The molecule has 5 nitrogen and oxygen atoms in total. The van der Waals surface area contributed by atoms with Crippen LogP contribution in [0.4, 0.5) is 5.82 Å². The van der Waals surface area contributed by atoms with Crippen molar-refractivity contribution in [2.45, 2.75) is 32.1 Å². The van der Waals surface area contributed by atoms with Gasteiger partial charge in [0.25, 0.3) is 0 Å². The second-order valence-corrected chi connectivity index (χ2v) is 7.40. The smallest absolute Gasteiger partial charge is 0.308 e. The summed E-state index contributed by atoms with van der Waals surface area (Å²) in [5, 5.41) is 10.7. The van der Waals surface area contributed by atoms with Crippen molar-refractivity contribution in [3.8, 4) is 0 Å². The molecule has 0 amide bonds. The topological polar surface area (TPSA) is 66.3 Å². The third-order valence-corrected chi connectivity index (χ3v) is 5.94. The fourth-order valence-electron chi connectivity index (χ4n) is 3.55. The third-order valence-electron chi connectivity index (χ3n) is 4.59. The van der Waals surface area contributed by atoms with Crippen LogP contribution in [0.15, 0.2) is 0 Å². The summed E-state index contributed by atoms with van der Waals surface area (Å²) in [7, 11) is 0. The number of carboxylic acids is 1. The molecule has 1 saturated heterocycles. The maximum Gasteiger partial charge on any atom is 0.308 e. The Morgan fingerprint density at radius 1 is 1.32 bits per heavy atom. The van der Waals surface area contributed by atoms with Crippen LogP contribution < -0.4 is 4.90 Å². The number of aryl methyl sites for hydroxylation is 2. The highest BCUT2D eigenvalue weighted by Crippen LogP contribution is 2.41. The van der Waals surface area contributed by atoms with E-state index in [4.69, 9.17) is 11.6 Å². The summed E-state index contributed by atoms with van der Waals surface area (Å²) in [5.41, 5.74) is 1.35. The molecule has 1 aliphatic heterocycles. The molecule has 2 aromatic rings. The summed E-state index contributed by atoms with van der Waals surface area (Å²) in [6.45, 7) is 1.33. The summed E-state index contributed by atoms with van der Waals surface area (Å²) in [6, 6.07) is 0. The van der Waals surface area contributed by atoms with Crippen molar-refractivity contribution < 1.29 is 9.90 Å². The molecule has 1 unspecified atom stereocenters. The molecule has 0 saturated carbocycles. The molecule has 2 aromatic heterocycles. The minimum Gasteiger partial charge on any atom is -0.481 e. The number of rotatable bonds is 2. The molecule has 0 radical (unpaired) electrons. The molecular formula is C15H16ClN3O2S. The van der Waals surface area contributed by atoms with Crippen molar-refractivity contribution in [3.63, 3.8) is 0 Å². The summed E-state index contributed by atoms with van der Waals surface area (Å²) in [4.78, 5) is 24.6. The number of hydrogen-bond donors (Lipinski definition) is 1. The third kappa shape index (κ3) is 2.25. The van der Waals surface area contributed by atoms with E-state index in [-0.39, 0.29) is 11.2 Å². The molecule has 1 N–H and O–H groups in total. The van der Waals surface area contributed by atoms with Crippen molar-refractivity contribution in [1.29, 1.82) is 0 Å². The Labute approximate surface area is 136 Å². The Balaban J connectivity index is 1.82. The molecule has 1 atom stereocenters. The zero-order chi connectivity index (χ0) is 15.3. The standard InChI is InChI=1S/C15H16ClN3O2S/c16-15-17-12(19-6-2-3-8(7-19)14(20)21)11-9-4-1-5-10(9)22-13(11)18-15/h8H,1-7H2,(H,20,21). The average molecular weight is 338 g/mol. The number of thiophene rings is 1. The average Bonchev–Trinajstić information content (AvgIpc) is 3.06. The van der Waals surface area contributed by atoms with E-state index in [0.29, 0.717) is 6.54 Å². The lowest BCUT2D eigenvalue weighted by molar-refractivity contribution is -0.141. The number of aliphatic carboxylic acids is 1. The Morgan fingerprint density at radius 2 is 2.18 bits per heavy atom. The largest absolute Gasteiger partial charge is 0.481 e. The van der Waals surface area contributed by atoms with Crippen molar-refractivity contribution >= 4 is 44.9 Å². The van der Waals surface area contributed by atoms with E-state index in [9.17, 15) is 9.90 Å². The maximum absolute atomic E-state index is 11.3. The van der Waals surface area contributed by atoms with Crippen LogP contribution in [0.1, 0.15) is 29.7 Å². The lowest BCUT2D eigenvalue weighted by Crippen LogP contribution is -2.39. The van der Waals surface area contributed by atoms with Crippen LogP contribution in [0.5, 0.6) is 0 Å². The van der Waals surface area contributed by atoms with Crippen LogP contribution in [0.2, 0.25) is 5.28 Å². The van der Waals surface area contributed by atoms with Gasteiger partial charge in [0.05, 0.1) is 11.3 Å². The molecule has 0 bridgehead atoms. The second kappa shape index (κ2) is 5.35. The highest BCUT2D eigenvalue weighted by Gasteiger charge is 2.30. The van der Waals surface area contributed by atoms with E-state index in [2.05, 4.69) is 14.9 Å². The van der Waals surface area contributed by atoms with Crippen molar-refractivity contribution in [3.05, 3.63) is 15.7 Å². The summed E-state index contributed by atoms with van der Waals surface area (Å²) in [5.74, 6) is -0.221. The molecule has 1 aliphatic carbocycles. The van der Waals surface area contributed by atoms with Gasteiger partial charge in [0.15, 0.2) is 0 Å². The molecular weight excluding hydrogens is 322 g/mol. The highest BCUT2D eigenvalue weighted by molar-refractivity contribution is 7.19. The highest BCUT2D eigenvalue weighted by atomic mass is 35.5. The molecule has 0 aromatic carbocycles. The van der Waals surface area contributed by atoms with Gasteiger partial charge in [0, 0.05) is 18.0 Å². The van der Waals surface area contributed by atoms with Crippen molar-refractivity contribution in [2.24, 2.45) is 5.92 Å². The van der Waals surface area contributed by atoms with E-state index >= 15 is 0 Å². The number of anilines is 1. The number of nitrogens with zero attached hydrogens (tertiary/aromatic N) is 3. The molecule has 0 spiro atoms. The van der Waals surface area contributed by atoms with E-state index in [0.717, 1.165) is 48.3 Å². The predicted molar refractivity (Wildman–Crippen MR) is 87.0 cm³/mol. The van der Waals surface area contributed by atoms with Crippen LogP contribution in [-0.4, -0.2) is 34.1 Å². The molecule has 1 fully saturated rings. The molecule has 4 rings (SSSR count). The minimum absolute atomic E-state index is 0.250. The van der Waals surface area contributed by atoms with Gasteiger partial charge in [-0.2, -0.15) is 4.98 Å². The van der Waals surface area contributed by atoms with Crippen LogP contribution in [-0.2, 0) is 17.6 Å². The van der Waals surface area contributed by atoms with Gasteiger partial charge in [-0.25, -0.2) is 4.98 Å². The molecule has 2 aliphatic rings. The lowest BCUT2D eigenvalue weighted by Gasteiger charge is -2.32. The lowest BCUT2D eigenvalue weighted by atomic mass is 9.98. The van der Waals surface area contributed by atoms with Gasteiger partial charge in [-0.1, -0.05) is 0 Å². The first-order valence-electron chi connectivity index (χ1n) is 7.59. The van der Waals surface area contributed by atoms with Crippen LogP contribution in [0, 0.1) is 5.92 Å².